The lowest BCUT2D eigenvalue weighted by Crippen LogP contribution is -2.51. The second-order valence-electron chi connectivity index (χ2n) is 3.99. The smallest absolute Gasteiger partial charge is 0.242 e. The van der Waals surface area contributed by atoms with Crippen LogP contribution in [0.1, 0.15) is 5.56 Å². The molecule has 0 spiro atoms. The Hall–Kier alpha value is -1.62. The third-order valence-electron chi connectivity index (χ3n) is 2.64. The van der Waals surface area contributed by atoms with Gasteiger partial charge in [0.25, 0.3) is 0 Å². The Kier molecular flexibility index (Phi) is 3.28. The van der Waals surface area contributed by atoms with E-state index in [1.54, 1.807) is 25.4 Å². The van der Waals surface area contributed by atoms with Gasteiger partial charge in [-0.2, -0.15) is 0 Å². The third kappa shape index (κ3) is 2.74. The number of pyridine rings is 1. The summed E-state index contributed by atoms with van der Waals surface area (Å²) in [4.78, 5) is 30.1. The fraction of sp³-hybridized carbons (Fsp3) is 0.364. The number of likely N-dealkylation sites (N-methyl/N-ethyl adjacent to an activating group) is 1. The van der Waals surface area contributed by atoms with E-state index in [2.05, 4.69) is 4.98 Å². The van der Waals surface area contributed by atoms with E-state index in [4.69, 9.17) is 11.6 Å². The first-order valence-corrected chi connectivity index (χ1v) is 5.56. The second-order valence-corrected chi connectivity index (χ2v) is 4.38. The largest absolute Gasteiger partial charge is 0.335 e. The lowest BCUT2D eigenvalue weighted by Gasteiger charge is -2.31. The number of hydrogen-bond donors (Lipinski definition) is 0. The molecule has 1 saturated heterocycles. The van der Waals surface area contributed by atoms with E-state index in [1.807, 2.05) is 0 Å². The van der Waals surface area contributed by atoms with Crippen molar-refractivity contribution in [2.45, 2.75) is 6.54 Å². The van der Waals surface area contributed by atoms with E-state index in [0.29, 0.717) is 11.7 Å². The summed E-state index contributed by atoms with van der Waals surface area (Å²) in [6.45, 7) is 0.653. The van der Waals surface area contributed by atoms with Crippen LogP contribution in [0.5, 0.6) is 0 Å². The maximum absolute atomic E-state index is 11.7. The maximum Gasteiger partial charge on any atom is 0.242 e. The number of carbonyl (C=O) groups excluding carboxylic acids is 2. The molecule has 17 heavy (non-hydrogen) atoms. The molecule has 0 radical (unpaired) electrons. The first-order valence-electron chi connectivity index (χ1n) is 5.18. The number of aromatic nitrogens is 1. The van der Waals surface area contributed by atoms with Gasteiger partial charge in [-0.3, -0.25) is 9.59 Å². The zero-order valence-corrected chi connectivity index (χ0v) is 10.1. The molecule has 0 aliphatic carbocycles. The first-order chi connectivity index (χ1) is 8.06. The molecule has 2 heterocycles. The van der Waals surface area contributed by atoms with Gasteiger partial charge in [0.2, 0.25) is 11.8 Å². The van der Waals surface area contributed by atoms with Crippen LogP contribution in [0, 0.1) is 0 Å². The van der Waals surface area contributed by atoms with Crippen molar-refractivity contribution in [3.05, 3.63) is 29.0 Å². The molecule has 0 aromatic carbocycles. The molecule has 1 aromatic heterocycles. The predicted molar refractivity (Wildman–Crippen MR) is 62.3 cm³/mol. The van der Waals surface area contributed by atoms with Gasteiger partial charge in [-0.1, -0.05) is 17.7 Å². The zero-order chi connectivity index (χ0) is 12.4. The van der Waals surface area contributed by atoms with Crippen LogP contribution in [0.3, 0.4) is 0 Å². The Morgan fingerprint density at radius 2 is 2.06 bits per heavy atom. The van der Waals surface area contributed by atoms with E-state index in [9.17, 15) is 9.59 Å². The molecule has 0 N–H and O–H groups in total. The Morgan fingerprint density at radius 3 is 2.71 bits per heavy atom. The lowest BCUT2D eigenvalue weighted by atomic mass is 10.2. The highest BCUT2D eigenvalue weighted by Crippen LogP contribution is 2.11. The summed E-state index contributed by atoms with van der Waals surface area (Å²) in [5.41, 5.74) is 0.861. The number of nitrogens with zero attached hydrogens (tertiary/aromatic N) is 3. The summed E-state index contributed by atoms with van der Waals surface area (Å²) in [6.07, 6.45) is 1.61. The number of piperazine rings is 1. The molecule has 0 bridgehead atoms. The van der Waals surface area contributed by atoms with Crippen molar-refractivity contribution in [3.8, 4) is 0 Å². The molecule has 2 amide bonds. The van der Waals surface area contributed by atoms with Crippen molar-refractivity contribution < 1.29 is 9.59 Å². The zero-order valence-electron chi connectivity index (χ0n) is 9.39. The molecular formula is C11H12ClN3O2. The normalized spacial score (nSPS) is 16.6. The van der Waals surface area contributed by atoms with Crippen molar-refractivity contribution >= 4 is 23.4 Å². The summed E-state index contributed by atoms with van der Waals surface area (Å²) >= 11 is 5.67. The van der Waals surface area contributed by atoms with E-state index in [1.165, 1.54) is 9.80 Å². The van der Waals surface area contributed by atoms with Gasteiger partial charge in [-0.15, -0.1) is 0 Å². The summed E-state index contributed by atoms with van der Waals surface area (Å²) in [5, 5.41) is 0.412. The SMILES string of the molecule is CN1CC(=O)N(Cc2ccc(Cl)nc2)CC1=O. The van der Waals surface area contributed by atoms with Crippen LogP contribution in [-0.4, -0.2) is 46.7 Å². The van der Waals surface area contributed by atoms with Crippen LogP contribution in [0.4, 0.5) is 0 Å². The van der Waals surface area contributed by atoms with Gasteiger partial charge < -0.3 is 9.80 Å². The van der Waals surface area contributed by atoms with E-state index in [0.717, 1.165) is 5.56 Å². The van der Waals surface area contributed by atoms with Gasteiger partial charge in [-0.25, -0.2) is 4.98 Å². The van der Waals surface area contributed by atoms with Gasteiger partial charge in [0.1, 0.15) is 11.7 Å². The Balaban J connectivity index is 2.06. The summed E-state index contributed by atoms with van der Waals surface area (Å²) < 4.78 is 0. The molecule has 1 aliphatic heterocycles. The van der Waals surface area contributed by atoms with E-state index in [-0.39, 0.29) is 24.9 Å². The van der Waals surface area contributed by atoms with Gasteiger partial charge >= 0.3 is 0 Å². The van der Waals surface area contributed by atoms with Gasteiger partial charge in [0.15, 0.2) is 0 Å². The molecule has 5 nitrogen and oxygen atoms in total. The minimum atomic E-state index is -0.0537. The minimum Gasteiger partial charge on any atom is -0.335 e. The molecule has 6 heteroatoms. The average Bonchev–Trinajstić information content (AvgIpc) is 2.29. The Labute approximate surface area is 104 Å². The standard InChI is InChI=1S/C11H12ClN3O2/c1-14-6-11(17)15(7-10(14)16)5-8-2-3-9(12)13-4-8/h2-4H,5-7H2,1H3. The van der Waals surface area contributed by atoms with Crippen molar-refractivity contribution in [1.82, 2.24) is 14.8 Å². The number of hydrogen-bond acceptors (Lipinski definition) is 3. The molecule has 0 unspecified atom stereocenters. The molecular weight excluding hydrogens is 242 g/mol. The van der Waals surface area contributed by atoms with Crippen LogP contribution in [0.15, 0.2) is 18.3 Å². The Morgan fingerprint density at radius 1 is 1.29 bits per heavy atom. The highest BCUT2D eigenvalue weighted by molar-refractivity contribution is 6.29. The average molecular weight is 254 g/mol. The van der Waals surface area contributed by atoms with E-state index < -0.39 is 0 Å². The van der Waals surface area contributed by atoms with Crippen LogP contribution >= 0.6 is 11.6 Å². The topological polar surface area (TPSA) is 53.5 Å². The predicted octanol–water partition coefficient (Wildman–Crippen LogP) is 0.536. The van der Waals surface area contributed by atoms with Crippen LogP contribution < -0.4 is 0 Å². The van der Waals surface area contributed by atoms with Crippen LogP contribution in [0.2, 0.25) is 5.15 Å². The molecule has 1 aliphatic rings. The summed E-state index contributed by atoms with van der Waals surface area (Å²) in [7, 11) is 1.63. The second kappa shape index (κ2) is 4.71. The minimum absolute atomic E-state index is 0.0495. The number of carbonyl (C=O) groups is 2. The molecule has 2 rings (SSSR count). The number of halogens is 1. The van der Waals surface area contributed by atoms with Gasteiger partial charge in [0, 0.05) is 19.8 Å². The molecule has 0 atom stereocenters. The van der Waals surface area contributed by atoms with Crippen molar-refractivity contribution in [1.29, 1.82) is 0 Å². The highest BCUT2D eigenvalue weighted by Gasteiger charge is 2.27. The Bertz CT molecular complexity index is 447. The molecule has 1 aromatic rings. The van der Waals surface area contributed by atoms with Crippen LogP contribution in [0.25, 0.3) is 0 Å². The molecule has 90 valence electrons. The highest BCUT2D eigenvalue weighted by atomic mass is 35.5. The first kappa shape index (κ1) is 11.9. The van der Waals surface area contributed by atoms with E-state index >= 15 is 0 Å². The molecule has 1 fully saturated rings. The fourth-order valence-electron chi connectivity index (χ4n) is 1.63. The number of amides is 2. The van der Waals surface area contributed by atoms with Crippen molar-refractivity contribution in [3.63, 3.8) is 0 Å². The lowest BCUT2D eigenvalue weighted by molar-refractivity contribution is -0.149. The van der Waals surface area contributed by atoms with Crippen molar-refractivity contribution in [2.75, 3.05) is 20.1 Å². The summed E-state index contributed by atoms with van der Waals surface area (Å²) in [6, 6.07) is 3.46. The van der Waals surface area contributed by atoms with Crippen molar-refractivity contribution in [2.24, 2.45) is 0 Å². The quantitative estimate of drug-likeness (QED) is 0.723. The van der Waals surface area contributed by atoms with Gasteiger partial charge in [0.05, 0.1) is 6.54 Å². The number of rotatable bonds is 2. The maximum atomic E-state index is 11.7. The summed E-state index contributed by atoms with van der Waals surface area (Å²) in [5.74, 6) is -0.103. The third-order valence-corrected chi connectivity index (χ3v) is 2.86. The monoisotopic (exact) mass is 253 g/mol. The van der Waals surface area contributed by atoms with Crippen LogP contribution in [-0.2, 0) is 16.1 Å². The van der Waals surface area contributed by atoms with Gasteiger partial charge in [-0.05, 0) is 11.6 Å². The molecule has 0 saturated carbocycles. The fourth-order valence-corrected chi connectivity index (χ4v) is 1.74.